The minimum absolute atomic E-state index is 0.0283. The highest BCUT2D eigenvalue weighted by atomic mass is 35.5. The summed E-state index contributed by atoms with van der Waals surface area (Å²) in [6.07, 6.45) is 2.55. The van der Waals surface area contributed by atoms with Crippen LogP contribution in [0.25, 0.3) is 6.08 Å². The Hall–Kier alpha value is -2.66. The van der Waals surface area contributed by atoms with Crippen LogP contribution in [0, 0.1) is 5.82 Å². The van der Waals surface area contributed by atoms with Crippen LogP contribution in [0.2, 0.25) is 5.02 Å². The van der Waals surface area contributed by atoms with Gasteiger partial charge in [-0.05, 0) is 48.2 Å². The topological polar surface area (TPSA) is 46.6 Å². The van der Waals surface area contributed by atoms with Crippen LogP contribution in [0.3, 0.4) is 0 Å². The van der Waals surface area contributed by atoms with Crippen LogP contribution in [0.1, 0.15) is 23.6 Å². The predicted molar refractivity (Wildman–Crippen MR) is 102 cm³/mol. The van der Waals surface area contributed by atoms with Crippen LogP contribution in [0.5, 0.6) is 0 Å². The maximum atomic E-state index is 13.1. The van der Waals surface area contributed by atoms with Crippen LogP contribution < -0.4 is 0 Å². The lowest BCUT2D eigenvalue weighted by Crippen LogP contribution is -2.42. The van der Waals surface area contributed by atoms with Gasteiger partial charge in [-0.1, -0.05) is 41.9 Å². The van der Waals surface area contributed by atoms with Crippen molar-refractivity contribution in [2.45, 2.75) is 26.0 Å². The maximum absolute atomic E-state index is 13.1. The van der Waals surface area contributed by atoms with Gasteiger partial charge in [-0.15, -0.1) is 0 Å². The molecule has 0 bridgehead atoms. The van der Waals surface area contributed by atoms with Crippen molar-refractivity contribution < 1.29 is 18.7 Å². The summed E-state index contributed by atoms with van der Waals surface area (Å²) in [6, 6.07) is 12.1. The molecule has 140 valence electrons. The lowest BCUT2D eigenvalue weighted by Gasteiger charge is -2.30. The zero-order chi connectivity index (χ0) is 19.4. The largest absolute Gasteiger partial charge is 0.449 e. The number of carbonyl (C=O) groups excluding carboxylic acids is 2. The van der Waals surface area contributed by atoms with E-state index in [4.69, 9.17) is 16.3 Å². The first-order valence-corrected chi connectivity index (χ1v) is 9.01. The molecule has 1 aliphatic heterocycles. The van der Waals surface area contributed by atoms with Crippen LogP contribution in [-0.4, -0.2) is 29.4 Å². The highest BCUT2D eigenvalue weighted by Gasteiger charge is 2.26. The molecule has 2 aromatic rings. The first-order valence-electron chi connectivity index (χ1n) is 8.63. The molecule has 3 rings (SSSR count). The van der Waals surface area contributed by atoms with Crippen molar-refractivity contribution in [1.29, 1.82) is 0 Å². The molecule has 0 fully saturated rings. The third-order valence-electron chi connectivity index (χ3n) is 4.44. The van der Waals surface area contributed by atoms with E-state index in [0.29, 0.717) is 18.7 Å². The van der Waals surface area contributed by atoms with Gasteiger partial charge in [0.25, 0.3) is 5.91 Å². The number of halogens is 2. The summed E-state index contributed by atoms with van der Waals surface area (Å²) in [6.45, 7) is 2.67. The molecule has 0 saturated carbocycles. The molecular formula is C21H19ClFNO3. The first kappa shape index (κ1) is 19.1. The third-order valence-corrected chi connectivity index (χ3v) is 4.73. The Balaban J connectivity index is 1.57. The normalized spacial score (nSPS) is 14.7. The van der Waals surface area contributed by atoms with Crippen LogP contribution in [-0.2, 0) is 27.3 Å². The van der Waals surface area contributed by atoms with Gasteiger partial charge in [-0.3, -0.25) is 4.79 Å². The van der Waals surface area contributed by atoms with Gasteiger partial charge in [0.2, 0.25) is 0 Å². The van der Waals surface area contributed by atoms with Crippen molar-refractivity contribution in [1.82, 2.24) is 4.90 Å². The maximum Gasteiger partial charge on any atom is 0.331 e. The summed E-state index contributed by atoms with van der Waals surface area (Å²) in [5.74, 6) is -1.40. The molecule has 1 amide bonds. The van der Waals surface area contributed by atoms with Gasteiger partial charge >= 0.3 is 5.97 Å². The molecule has 0 aromatic heterocycles. The SMILES string of the molecule is C[C@H](OC(=O)/C=C/c1ccc(F)c(Cl)c1)C(=O)N1CCc2ccccc2C1. The molecule has 4 nitrogen and oxygen atoms in total. The van der Waals surface area contributed by atoms with Gasteiger partial charge < -0.3 is 9.64 Å². The Morgan fingerprint density at radius 1 is 1.22 bits per heavy atom. The highest BCUT2D eigenvalue weighted by Crippen LogP contribution is 2.20. The molecule has 1 aliphatic rings. The molecule has 1 heterocycles. The molecule has 6 heteroatoms. The molecule has 2 aromatic carbocycles. The summed E-state index contributed by atoms with van der Waals surface area (Å²) in [4.78, 5) is 26.2. The summed E-state index contributed by atoms with van der Waals surface area (Å²) in [7, 11) is 0. The standard InChI is InChI=1S/C21H19ClFNO3/c1-14(21(26)24-11-10-16-4-2-3-5-17(16)13-24)27-20(25)9-7-15-6-8-19(23)18(22)12-15/h2-9,12,14H,10-11,13H2,1H3/b9-7+/t14-/m0/s1. The van der Waals surface area contributed by atoms with Crippen LogP contribution in [0.4, 0.5) is 4.39 Å². The van der Waals surface area contributed by atoms with Crippen LogP contribution >= 0.6 is 11.6 Å². The van der Waals surface area contributed by atoms with E-state index in [-0.39, 0.29) is 10.9 Å². The molecule has 1 atom stereocenters. The second-order valence-corrected chi connectivity index (χ2v) is 6.77. The lowest BCUT2D eigenvalue weighted by atomic mass is 9.99. The van der Waals surface area contributed by atoms with E-state index in [1.165, 1.54) is 35.9 Å². The molecule has 0 unspecified atom stereocenters. The van der Waals surface area contributed by atoms with Crippen molar-refractivity contribution >= 4 is 29.6 Å². The van der Waals surface area contributed by atoms with Crippen molar-refractivity contribution in [3.63, 3.8) is 0 Å². The average molecular weight is 388 g/mol. The van der Waals surface area contributed by atoms with Crippen molar-refractivity contribution in [2.24, 2.45) is 0 Å². The molecule has 27 heavy (non-hydrogen) atoms. The molecule has 0 radical (unpaired) electrons. The number of amides is 1. The number of carbonyl (C=O) groups is 2. The number of ether oxygens (including phenoxy) is 1. The van der Waals surface area contributed by atoms with Crippen molar-refractivity contribution in [2.75, 3.05) is 6.54 Å². The quantitative estimate of drug-likeness (QED) is 0.588. The Morgan fingerprint density at radius 2 is 1.96 bits per heavy atom. The van der Waals surface area contributed by atoms with Gasteiger partial charge in [0.15, 0.2) is 6.10 Å². The van der Waals surface area contributed by atoms with E-state index >= 15 is 0 Å². The van der Waals surface area contributed by atoms with Crippen molar-refractivity contribution in [3.8, 4) is 0 Å². The summed E-state index contributed by atoms with van der Waals surface area (Å²) in [5, 5.41) is -0.0283. The lowest BCUT2D eigenvalue weighted by molar-refractivity contribution is -0.155. The van der Waals surface area contributed by atoms with E-state index < -0.39 is 17.9 Å². The highest BCUT2D eigenvalue weighted by molar-refractivity contribution is 6.30. The number of rotatable bonds is 4. The number of hydrogen-bond acceptors (Lipinski definition) is 3. The Morgan fingerprint density at radius 3 is 2.70 bits per heavy atom. The molecule has 0 aliphatic carbocycles. The van der Waals surface area contributed by atoms with Crippen molar-refractivity contribution in [3.05, 3.63) is 76.1 Å². The Labute approximate surface area is 162 Å². The second-order valence-electron chi connectivity index (χ2n) is 6.36. The van der Waals surface area contributed by atoms with Gasteiger partial charge in [0.05, 0.1) is 5.02 Å². The summed E-state index contributed by atoms with van der Waals surface area (Å²) >= 11 is 5.70. The van der Waals surface area contributed by atoms with Crippen LogP contribution in [0.15, 0.2) is 48.5 Å². The van der Waals surface area contributed by atoms with E-state index in [9.17, 15) is 14.0 Å². The number of hydrogen-bond donors (Lipinski definition) is 0. The van der Waals surface area contributed by atoms with E-state index in [0.717, 1.165) is 12.0 Å². The minimum atomic E-state index is -0.885. The van der Waals surface area contributed by atoms with Gasteiger partial charge in [0.1, 0.15) is 5.82 Å². The minimum Gasteiger partial charge on any atom is -0.449 e. The zero-order valence-corrected chi connectivity index (χ0v) is 15.6. The fourth-order valence-electron chi connectivity index (χ4n) is 2.99. The van der Waals surface area contributed by atoms with Gasteiger partial charge in [-0.2, -0.15) is 0 Å². The third kappa shape index (κ3) is 4.74. The van der Waals surface area contributed by atoms with E-state index in [1.807, 2.05) is 18.2 Å². The van der Waals surface area contributed by atoms with Gasteiger partial charge in [-0.25, -0.2) is 9.18 Å². The monoisotopic (exact) mass is 387 g/mol. The Kier molecular flexibility index (Phi) is 5.91. The number of benzene rings is 2. The fraction of sp³-hybridized carbons (Fsp3) is 0.238. The zero-order valence-electron chi connectivity index (χ0n) is 14.8. The molecule has 0 spiro atoms. The van der Waals surface area contributed by atoms with Gasteiger partial charge in [0, 0.05) is 19.2 Å². The molecular weight excluding hydrogens is 369 g/mol. The number of esters is 1. The second kappa shape index (κ2) is 8.35. The Bertz CT molecular complexity index is 897. The van der Waals surface area contributed by atoms with E-state index in [2.05, 4.69) is 6.07 Å². The number of nitrogens with zero attached hydrogens (tertiary/aromatic N) is 1. The molecule has 0 saturated heterocycles. The average Bonchev–Trinajstić information content (AvgIpc) is 2.67. The summed E-state index contributed by atoms with van der Waals surface area (Å²) in [5.41, 5.74) is 2.92. The fourth-order valence-corrected chi connectivity index (χ4v) is 3.17. The smallest absolute Gasteiger partial charge is 0.331 e. The number of fused-ring (bicyclic) bond motifs is 1. The molecule has 0 N–H and O–H groups in total. The summed E-state index contributed by atoms with van der Waals surface area (Å²) < 4.78 is 18.3. The van der Waals surface area contributed by atoms with E-state index in [1.54, 1.807) is 11.8 Å². The predicted octanol–water partition coefficient (Wildman–Crippen LogP) is 4.01. The first-order chi connectivity index (χ1) is 12.9.